The molecule has 3 rings (SSSR count). The second-order valence-corrected chi connectivity index (χ2v) is 6.14. The molecular weight excluding hydrogens is 368 g/mol. The van der Waals surface area contributed by atoms with E-state index in [0.29, 0.717) is 24.5 Å². The van der Waals surface area contributed by atoms with E-state index in [9.17, 15) is 14.4 Å². The number of benzene rings is 1. The molecule has 0 fully saturated rings. The van der Waals surface area contributed by atoms with Crippen LogP contribution in [0.1, 0.15) is 31.1 Å². The molecule has 2 heterocycles. The first-order chi connectivity index (χ1) is 13.5. The summed E-state index contributed by atoms with van der Waals surface area (Å²) >= 11 is 0. The Morgan fingerprint density at radius 3 is 2.79 bits per heavy atom. The van der Waals surface area contributed by atoms with Gasteiger partial charge in [-0.3, -0.25) is 9.59 Å². The highest BCUT2D eigenvalue weighted by atomic mass is 16.6. The molecule has 9 nitrogen and oxygen atoms in total. The normalized spacial score (nSPS) is 15.3. The number of ether oxygens (including phenoxy) is 4. The summed E-state index contributed by atoms with van der Waals surface area (Å²) in [6, 6.07) is 1.60. The second-order valence-electron chi connectivity index (χ2n) is 6.14. The molecule has 1 atom stereocenters. The average molecular weight is 390 g/mol. The fourth-order valence-electron chi connectivity index (χ4n) is 2.95. The number of hydrogen-bond acceptors (Lipinski definition) is 7. The summed E-state index contributed by atoms with van der Waals surface area (Å²) in [6.07, 6.45) is 0.967. The number of hydrogen-bond donors (Lipinski definition) is 2. The molecule has 9 heteroatoms. The molecule has 2 aromatic rings. The van der Waals surface area contributed by atoms with Crippen LogP contribution in [0.15, 0.2) is 17.1 Å². The van der Waals surface area contributed by atoms with E-state index in [1.807, 2.05) is 6.92 Å². The molecule has 0 bridgehead atoms. The third-order valence-electron chi connectivity index (χ3n) is 4.10. The number of anilines is 1. The number of carbonyl (C=O) groups is 2. The van der Waals surface area contributed by atoms with Gasteiger partial charge in [-0.05, 0) is 13.8 Å². The van der Waals surface area contributed by atoms with Gasteiger partial charge in [0, 0.05) is 25.8 Å². The van der Waals surface area contributed by atoms with Crippen LogP contribution in [0, 0.1) is 0 Å². The summed E-state index contributed by atoms with van der Waals surface area (Å²) in [5.41, 5.74) is -0.186. The van der Waals surface area contributed by atoms with E-state index in [0.717, 1.165) is 0 Å². The van der Waals surface area contributed by atoms with Gasteiger partial charge < -0.3 is 29.2 Å². The maximum Gasteiger partial charge on any atom is 0.343 e. The third kappa shape index (κ3) is 3.79. The maximum absolute atomic E-state index is 13.0. The van der Waals surface area contributed by atoms with Crippen LogP contribution in [-0.4, -0.2) is 49.4 Å². The zero-order valence-corrected chi connectivity index (χ0v) is 15.9. The van der Waals surface area contributed by atoms with E-state index in [1.54, 1.807) is 13.0 Å². The van der Waals surface area contributed by atoms with Crippen molar-refractivity contribution >= 4 is 28.5 Å². The number of esters is 1. The molecule has 1 aromatic heterocycles. The molecule has 150 valence electrons. The summed E-state index contributed by atoms with van der Waals surface area (Å²) in [5, 5.41) is 2.74. The van der Waals surface area contributed by atoms with Crippen LogP contribution >= 0.6 is 0 Å². The standard InChI is InChI=1S/C19H22N2O7/c1-4-25-8-11-9-27-18-14(28-11)6-13-15(16(18)21-10(3)22)17(23)12(7-20-13)19(24)26-5-2/h6-7,11H,4-5,8-9H2,1-3H3,(H,20,23)(H,21,22). The van der Waals surface area contributed by atoms with Crippen molar-refractivity contribution < 1.29 is 28.5 Å². The van der Waals surface area contributed by atoms with Gasteiger partial charge in [0.25, 0.3) is 0 Å². The van der Waals surface area contributed by atoms with Gasteiger partial charge in [0.2, 0.25) is 11.3 Å². The van der Waals surface area contributed by atoms with Gasteiger partial charge in [-0.2, -0.15) is 0 Å². The Labute approximate surface area is 160 Å². The molecule has 28 heavy (non-hydrogen) atoms. The molecule has 1 aromatic carbocycles. The van der Waals surface area contributed by atoms with E-state index < -0.39 is 17.3 Å². The molecule has 0 saturated heterocycles. The second kappa shape index (κ2) is 8.30. The molecule has 0 aliphatic carbocycles. The zero-order chi connectivity index (χ0) is 20.3. The van der Waals surface area contributed by atoms with Crippen molar-refractivity contribution in [3.8, 4) is 11.5 Å². The quantitative estimate of drug-likeness (QED) is 0.723. The first kappa shape index (κ1) is 19.7. The Morgan fingerprint density at radius 2 is 2.11 bits per heavy atom. The number of carbonyl (C=O) groups excluding carboxylic acids is 2. The van der Waals surface area contributed by atoms with Gasteiger partial charge in [-0.1, -0.05) is 0 Å². The van der Waals surface area contributed by atoms with Crippen LogP contribution in [0.4, 0.5) is 5.69 Å². The number of aromatic amines is 1. The number of amides is 1. The highest BCUT2D eigenvalue weighted by Gasteiger charge is 2.28. The molecule has 1 aliphatic rings. The lowest BCUT2D eigenvalue weighted by Gasteiger charge is -2.28. The lowest BCUT2D eigenvalue weighted by atomic mass is 10.1. The van der Waals surface area contributed by atoms with E-state index in [-0.39, 0.29) is 41.7 Å². The molecular formula is C19H22N2O7. The lowest BCUT2D eigenvalue weighted by Crippen LogP contribution is -2.34. The molecule has 0 radical (unpaired) electrons. The summed E-state index contributed by atoms with van der Waals surface area (Å²) in [5.74, 6) is -0.532. The predicted octanol–water partition coefficient (Wildman–Crippen LogP) is 1.84. The van der Waals surface area contributed by atoms with Gasteiger partial charge >= 0.3 is 5.97 Å². The summed E-state index contributed by atoms with van der Waals surface area (Å²) in [4.78, 5) is 39.7. The topological polar surface area (TPSA) is 116 Å². The highest BCUT2D eigenvalue weighted by Crippen LogP contribution is 2.43. The first-order valence-corrected chi connectivity index (χ1v) is 9.00. The summed E-state index contributed by atoms with van der Waals surface area (Å²) < 4.78 is 22.0. The largest absolute Gasteiger partial charge is 0.484 e. The van der Waals surface area contributed by atoms with E-state index in [4.69, 9.17) is 18.9 Å². The number of aromatic nitrogens is 1. The summed E-state index contributed by atoms with van der Waals surface area (Å²) in [7, 11) is 0. The van der Waals surface area contributed by atoms with Crippen molar-refractivity contribution in [2.45, 2.75) is 26.9 Å². The molecule has 1 amide bonds. The minimum Gasteiger partial charge on any atom is -0.484 e. The van der Waals surface area contributed by atoms with Crippen molar-refractivity contribution in [3.63, 3.8) is 0 Å². The van der Waals surface area contributed by atoms with Gasteiger partial charge in [0.05, 0.1) is 24.1 Å². The van der Waals surface area contributed by atoms with Crippen molar-refractivity contribution in [2.24, 2.45) is 0 Å². The molecule has 0 saturated carbocycles. The van der Waals surface area contributed by atoms with Gasteiger partial charge in [0.15, 0.2) is 17.6 Å². The molecule has 1 unspecified atom stereocenters. The van der Waals surface area contributed by atoms with Gasteiger partial charge in [0.1, 0.15) is 17.9 Å². The monoisotopic (exact) mass is 390 g/mol. The first-order valence-electron chi connectivity index (χ1n) is 9.00. The SMILES string of the molecule is CCOCC1COc2c(cc3[nH]cc(C(=O)OCC)c(=O)c3c2NC(C)=O)O1. The number of rotatable bonds is 6. The van der Waals surface area contributed by atoms with E-state index >= 15 is 0 Å². The molecule has 2 N–H and O–H groups in total. The molecule has 0 spiro atoms. The van der Waals surface area contributed by atoms with Crippen LogP contribution in [0.25, 0.3) is 10.9 Å². The van der Waals surface area contributed by atoms with Crippen molar-refractivity contribution in [3.05, 3.63) is 28.0 Å². The van der Waals surface area contributed by atoms with Crippen LogP contribution in [-0.2, 0) is 14.3 Å². The van der Waals surface area contributed by atoms with Gasteiger partial charge in [-0.15, -0.1) is 0 Å². The van der Waals surface area contributed by atoms with Crippen LogP contribution in [0.5, 0.6) is 11.5 Å². The Bertz CT molecular complexity index is 967. The zero-order valence-electron chi connectivity index (χ0n) is 15.9. The number of fused-ring (bicyclic) bond motifs is 2. The van der Waals surface area contributed by atoms with Crippen LogP contribution in [0.2, 0.25) is 0 Å². The third-order valence-corrected chi connectivity index (χ3v) is 4.10. The lowest BCUT2D eigenvalue weighted by molar-refractivity contribution is -0.114. The maximum atomic E-state index is 13.0. The number of H-pyrrole nitrogens is 1. The highest BCUT2D eigenvalue weighted by molar-refractivity contribution is 6.06. The predicted molar refractivity (Wildman–Crippen MR) is 101 cm³/mol. The van der Waals surface area contributed by atoms with Crippen molar-refractivity contribution in [2.75, 3.05) is 31.7 Å². The minimum atomic E-state index is -0.744. The fraction of sp³-hybridized carbons (Fsp3) is 0.421. The minimum absolute atomic E-state index is 0.117. The smallest absolute Gasteiger partial charge is 0.343 e. The Morgan fingerprint density at radius 1 is 1.32 bits per heavy atom. The number of pyridine rings is 1. The van der Waals surface area contributed by atoms with Crippen LogP contribution in [0.3, 0.4) is 0 Å². The Hall–Kier alpha value is -3.07. The van der Waals surface area contributed by atoms with Crippen LogP contribution < -0.4 is 20.2 Å². The Kier molecular flexibility index (Phi) is 5.84. The van der Waals surface area contributed by atoms with Gasteiger partial charge in [-0.25, -0.2) is 4.79 Å². The average Bonchev–Trinajstić information content (AvgIpc) is 2.65. The van der Waals surface area contributed by atoms with Crippen molar-refractivity contribution in [1.29, 1.82) is 0 Å². The van der Waals surface area contributed by atoms with E-state index in [1.165, 1.54) is 13.1 Å². The van der Waals surface area contributed by atoms with E-state index in [2.05, 4.69) is 10.3 Å². The Balaban J connectivity index is 2.15. The molecule has 1 aliphatic heterocycles. The number of nitrogens with one attached hydrogen (secondary N) is 2. The summed E-state index contributed by atoms with van der Waals surface area (Å²) in [6.45, 7) is 6.07. The fourth-order valence-corrected chi connectivity index (χ4v) is 2.95. The van der Waals surface area contributed by atoms with Crippen molar-refractivity contribution in [1.82, 2.24) is 4.98 Å².